The monoisotopic (exact) mass is 368 g/mol. The van der Waals surface area contributed by atoms with E-state index in [9.17, 15) is 13.2 Å². The summed E-state index contributed by atoms with van der Waals surface area (Å²) in [6, 6.07) is 7.41. The number of anilines is 1. The van der Waals surface area contributed by atoms with E-state index in [2.05, 4.69) is 5.32 Å². The first kappa shape index (κ1) is 17.0. The summed E-state index contributed by atoms with van der Waals surface area (Å²) in [5.41, 5.74) is 0.233. The van der Waals surface area contributed by atoms with E-state index >= 15 is 0 Å². The van der Waals surface area contributed by atoms with Crippen molar-refractivity contribution in [2.75, 3.05) is 18.4 Å². The predicted octanol–water partition coefficient (Wildman–Crippen LogP) is 3.36. The smallest absolute Gasteiger partial charge is 0.291 e. The maximum atomic E-state index is 12.7. The standard InChI is InChI=1S/C16H17ClN2O4S/c17-13-7-6-12(24(21,22)19-8-2-1-3-9-19)11-14(13)18-16(20)15-5-4-10-23-15/h4-7,10-11H,1-3,8-9H2,(H,18,20). The molecule has 3 rings (SSSR count). The van der Waals surface area contributed by atoms with Gasteiger partial charge in [-0.05, 0) is 43.2 Å². The zero-order chi connectivity index (χ0) is 17.2. The number of furan rings is 1. The quantitative estimate of drug-likeness (QED) is 0.897. The number of nitrogens with one attached hydrogen (secondary N) is 1. The summed E-state index contributed by atoms with van der Waals surface area (Å²) < 4.78 is 31.9. The molecular weight excluding hydrogens is 352 g/mol. The molecule has 1 aromatic carbocycles. The summed E-state index contributed by atoms with van der Waals surface area (Å²) in [6.45, 7) is 1.03. The van der Waals surface area contributed by atoms with Crippen LogP contribution in [0, 0.1) is 0 Å². The van der Waals surface area contributed by atoms with Gasteiger partial charge < -0.3 is 9.73 Å². The Kier molecular flexibility index (Phi) is 4.93. The third kappa shape index (κ3) is 3.48. The molecule has 1 N–H and O–H groups in total. The van der Waals surface area contributed by atoms with Crippen molar-refractivity contribution in [2.24, 2.45) is 0 Å². The Bertz CT molecular complexity index is 828. The molecule has 128 valence electrons. The minimum Gasteiger partial charge on any atom is -0.459 e. The molecule has 1 aliphatic heterocycles. The topological polar surface area (TPSA) is 79.6 Å². The molecule has 1 amide bonds. The van der Waals surface area contributed by atoms with Crippen LogP contribution in [-0.2, 0) is 10.0 Å². The van der Waals surface area contributed by atoms with E-state index in [-0.39, 0.29) is 21.4 Å². The lowest BCUT2D eigenvalue weighted by molar-refractivity contribution is 0.0996. The van der Waals surface area contributed by atoms with Crippen molar-refractivity contribution in [1.29, 1.82) is 0 Å². The number of hydrogen-bond acceptors (Lipinski definition) is 4. The SMILES string of the molecule is O=C(Nc1cc(S(=O)(=O)N2CCCCC2)ccc1Cl)c1ccco1. The van der Waals surface area contributed by atoms with Gasteiger partial charge in [0.15, 0.2) is 5.76 Å². The number of halogens is 1. The molecule has 2 aromatic rings. The maximum absolute atomic E-state index is 12.7. The molecule has 24 heavy (non-hydrogen) atoms. The van der Waals surface area contributed by atoms with Crippen molar-refractivity contribution < 1.29 is 17.6 Å². The maximum Gasteiger partial charge on any atom is 0.291 e. The molecule has 0 aliphatic carbocycles. The lowest BCUT2D eigenvalue weighted by Gasteiger charge is -2.26. The van der Waals surface area contributed by atoms with Crippen molar-refractivity contribution in [3.8, 4) is 0 Å². The van der Waals surface area contributed by atoms with Gasteiger partial charge in [0.25, 0.3) is 5.91 Å². The van der Waals surface area contributed by atoms with Crippen LogP contribution in [0.4, 0.5) is 5.69 Å². The third-order valence-electron chi connectivity index (χ3n) is 3.88. The molecule has 1 fully saturated rings. The van der Waals surface area contributed by atoms with E-state index in [1.54, 1.807) is 6.07 Å². The normalized spacial score (nSPS) is 16.0. The van der Waals surface area contributed by atoms with E-state index in [4.69, 9.17) is 16.0 Å². The van der Waals surface area contributed by atoms with Crippen LogP contribution in [0.15, 0.2) is 45.9 Å². The van der Waals surface area contributed by atoms with Crippen LogP contribution in [0.25, 0.3) is 0 Å². The third-order valence-corrected chi connectivity index (χ3v) is 6.11. The second-order valence-electron chi connectivity index (χ2n) is 5.54. The Morgan fingerprint density at radius 2 is 1.92 bits per heavy atom. The van der Waals surface area contributed by atoms with Gasteiger partial charge in [-0.25, -0.2) is 8.42 Å². The highest BCUT2D eigenvalue weighted by Crippen LogP contribution is 2.28. The van der Waals surface area contributed by atoms with Gasteiger partial charge in [-0.15, -0.1) is 0 Å². The fourth-order valence-corrected chi connectivity index (χ4v) is 4.32. The number of sulfonamides is 1. The largest absolute Gasteiger partial charge is 0.459 e. The molecule has 1 aliphatic rings. The number of piperidine rings is 1. The van der Waals surface area contributed by atoms with Crippen LogP contribution in [0.3, 0.4) is 0 Å². The fourth-order valence-electron chi connectivity index (χ4n) is 2.61. The minimum absolute atomic E-state index is 0.114. The Morgan fingerprint density at radius 1 is 1.17 bits per heavy atom. The molecule has 8 heteroatoms. The van der Waals surface area contributed by atoms with Gasteiger partial charge in [0.2, 0.25) is 10.0 Å². The van der Waals surface area contributed by atoms with E-state index in [0.717, 1.165) is 19.3 Å². The first-order chi connectivity index (χ1) is 11.5. The van der Waals surface area contributed by atoms with Gasteiger partial charge in [-0.2, -0.15) is 4.31 Å². The highest BCUT2D eigenvalue weighted by molar-refractivity contribution is 7.89. The molecule has 1 aromatic heterocycles. The van der Waals surface area contributed by atoms with Gasteiger partial charge >= 0.3 is 0 Å². The lowest BCUT2D eigenvalue weighted by Crippen LogP contribution is -2.35. The Labute approximate surface area is 145 Å². The first-order valence-corrected chi connectivity index (χ1v) is 9.45. The van der Waals surface area contributed by atoms with Crippen molar-refractivity contribution in [3.05, 3.63) is 47.4 Å². The van der Waals surface area contributed by atoms with Crippen LogP contribution >= 0.6 is 11.6 Å². The predicted molar refractivity (Wildman–Crippen MR) is 90.7 cm³/mol. The molecule has 0 atom stereocenters. The summed E-state index contributed by atoms with van der Waals surface area (Å²) in [5, 5.41) is 2.84. The Morgan fingerprint density at radius 3 is 2.58 bits per heavy atom. The highest BCUT2D eigenvalue weighted by Gasteiger charge is 2.26. The van der Waals surface area contributed by atoms with E-state index in [1.807, 2.05) is 0 Å². The number of nitrogens with zero attached hydrogens (tertiary/aromatic N) is 1. The van der Waals surface area contributed by atoms with Crippen molar-refractivity contribution in [1.82, 2.24) is 4.31 Å². The van der Waals surface area contributed by atoms with E-state index in [1.165, 1.54) is 34.8 Å². The number of carbonyl (C=O) groups excluding carboxylic acids is 1. The first-order valence-electron chi connectivity index (χ1n) is 7.63. The Hall–Kier alpha value is -1.83. The van der Waals surface area contributed by atoms with Gasteiger partial charge in [0, 0.05) is 13.1 Å². The summed E-state index contributed by atoms with van der Waals surface area (Å²) in [6.07, 6.45) is 4.13. The average Bonchev–Trinajstić information content (AvgIpc) is 3.12. The molecule has 0 saturated carbocycles. The molecule has 0 unspecified atom stereocenters. The van der Waals surface area contributed by atoms with Crippen molar-refractivity contribution >= 4 is 33.2 Å². The minimum atomic E-state index is -3.59. The number of hydrogen-bond donors (Lipinski definition) is 1. The molecule has 0 radical (unpaired) electrons. The van der Waals surface area contributed by atoms with Crippen molar-refractivity contribution in [2.45, 2.75) is 24.2 Å². The Balaban J connectivity index is 1.87. The van der Waals surface area contributed by atoms with Crippen LogP contribution < -0.4 is 5.32 Å². The number of benzene rings is 1. The van der Waals surface area contributed by atoms with Gasteiger partial charge in [-0.1, -0.05) is 18.0 Å². The van der Waals surface area contributed by atoms with Gasteiger partial charge in [0.05, 0.1) is 21.9 Å². The highest BCUT2D eigenvalue weighted by atomic mass is 35.5. The lowest BCUT2D eigenvalue weighted by atomic mass is 10.2. The summed E-state index contributed by atoms with van der Waals surface area (Å²) >= 11 is 6.08. The number of amides is 1. The molecule has 2 heterocycles. The van der Waals surface area contributed by atoms with Crippen LogP contribution in [0.5, 0.6) is 0 Å². The van der Waals surface area contributed by atoms with Crippen molar-refractivity contribution in [3.63, 3.8) is 0 Å². The molecule has 1 saturated heterocycles. The van der Waals surface area contributed by atoms with E-state index < -0.39 is 15.9 Å². The van der Waals surface area contributed by atoms with Gasteiger partial charge in [-0.3, -0.25) is 4.79 Å². The molecule has 0 bridgehead atoms. The molecule has 0 spiro atoms. The van der Waals surface area contributed by atoms with Crippen LogP contribution in [0.2, 0.25) is 5.02 Å². The summed E-state index contributed by atoms with van der Waals surface area (Å²) in [7, 11) is -3.59. The van der Waals surface area contributed by atoms with Crippen LogP contribution in [0.1, 0.15) is 29.8 Å². The zero-order valence-electron chi connectivity index (χ0n) is 12.9. The van der Waals surface area contributed by atoms with E-state index in [0.29, 0.717) is 13.1 Å². The van der Waals surface area contributed by atoms with Gasteiger partial charge in [0.1, 0.15) is 0 Å². The summed E-state index contributed by atoms with van der Waals surface area (Å²) in [5.74, 6) is -0.371. The second kappa shape index (κ2) is 6.96. The zero-order valence-corrected chi connectivity index (χ0v) is 14.4. The second-order valence-corrected chi connectivity index (χ2v) is 7.88. The fraction of sp³-hybridized carbons (Fsp3) is 0.312. The average molecular weight is 369 g/mol. The van der Waals surface area contributed by atoms with Crippen LogP contribution in [-0.4, -0.2) is 31.7 Å². The molecule has 6 nitrogen and oxygen atoms in total. The number of rotatable bonds is 4. The number of carbonyl (C=O) groups is 1. The molecular formula is C16H17ClN2O4S. The summed E-state index contributed by atoms with van der Waals surface area (Å²) in [4.78, 5) is 12.2.